The van der Waals surface area contributed by atoms with Crippen molar-refractivity contribution in [1.29, 1.82) is 0 Å². The molecule has 1 aliphatic heterocycles. The van der Waals surface area contributed by atoms with E-state index < -0.39 is 0 Å². The molecule has 0 saturated carbocycles. The van der Waals surface area contributed by atoms with Gasteiger partial charge in [0.25, 0.3) is 5.91 Å². The van der Waals surface area contributed by atoms with Gasteiger partial charge >= 0.3 is 0 Å². The maximum absolute atomic E-state index is 11.7. The lowest BCUT2D eigenvalue weighted by Gasteiger charge is -2.32. The Balaban J connectivity index is 2.38. The van der Waals surface area contributed by atoms with Crippen molar-refractivity contribution in [2.45, 2.75) is 12.6 Å². The first-order chi connectivity index (χ1) is 6.24. The molecule has 0 spiro atoms. The lowest BCUT2D eigenvalue weighted by Crippen LogP contribution is -2.48. The van der Waals surface area contributed by atoms with Crippen molar-refractivity contribution in [1.82, 2.24) is 9.47 Å². The number of nitrogens with zero attached hydrogens (tertiary/aromatic N) is 2. The van der Waals surface area contributed by atoms with E-state index in [1.807, 2.05) is 22.9 Å². The molecule has 1 aromatic heterocycles. The number of hydrogen-bond donors (Lipinski definition) is 1. The maximum atomic E-state index is 11.7. The van der Waals surface area contributed by atoms with E-state index in [1.54, 1.807) is 11.9 Å². The zero-order valence-corrected chi connectivity index (χ0v) is 7.60. The van der Waals surface area contributed by atoms with E-state index in [2.05, 4.69) is 0 Å². The van der Waals surface area contributed by atoms with Gasteiger partial charge in [-0.15, -0.1) is 0 Å². The second-order valence-electron chi connectivity index (χ2n) is 3.35. The fraction of sp³-hybridized carbons (Fsp3) is 0.444. The molecule has 4 heteroatoms. The van der Waals surface area contributed by atoms with E-state index in [1.165, 1.54) is 0 Å². The van der Waals surface area contributed by atoms with Crippen LogP contribution in [0.25, 0.3) is 0 Å². The van der Waals surface area contributed by atoms with Gasteiger partial charge in [0.2, 0.25) is 0 Å². The SMILES string of the molecule is CN1C(=O)c2cccn2CC1CN. The number of nitrogens with two attached hydrogens (primary N) is 1. The summed E-state index contributed by atoms with van der Waals surface area (Å²) in [6.07, 6.45) is 1.92. The molecule has 2 heterocycles. The summed E-state index contributed by atoms with van der Waals surface area (Å²) in [5.74, 6) is 0.0618. The van der Waals surface area contributed by atoms with E-state index in [9.17, 15) is 4.79 Å². The molecular weight excluding hydrogens is 166 g/mol. The first-order valence-corrected chi connectivity index (χ1v) is 4.36. The lowest BCUT2D eigenvalue weighted by atomic mass is 10.2. The minimum Gasteiger partial charge on any atom is -0.341 e. The van der Waals surface area contributed by atoms with E-state index in [0.29, 0.717) is 6.54 Å². The average molecular weight is 179 g/mol. The van der Waals surface area contributed by atoms with Gasteiger partial charge in [-0.05, 0) is 12.1 Å². The van der Waals surface area contributed by atoms with Crippen molar-refractivity contribution in [3.05, 3.63) is 24.0 Å². The van der Waals surface area contributed by atoms with Crippen LogP contribution in [0.5, 0.6) is 0 Å². The summed E-state index contributed by atoms with van der Waals surface area (Å²) in [6.45, 7) is 1.32. The zero-order valence-electron chi connectivity index (χ0n) is 7.60. The molecule has 0 fully saturated rings. The van der Waals surface area contributed by atoms with Crippen molar-refractivity contribution in [2.75, 3.05) is 13.6 Å². The third-order valence-electron chi connectivity index (χ3n) is 2.60. The fourth-order valence-electron chi connectivity index (χ4n) is 1.70. The van der Waals surface area contributed by atoms with Crippen LogP contribution in [-0.2, 0) is 6.54 Å². The van der Waals surface area contributed by atoms with Crippen LogP contribution in [0.15, 0.2) is 18.3 Å². The van der Waals surface area contributed by atoms with Crippen LogP contribution in [0, 0.1) is 0 Å². The van der Waals surface area contributed by atoms with E-state index in [-0.39, 0.29) is 11.9 Å². The molecule has 13 heavy (non-hydrogen) atoms. The molecule has 1 atom stereocenters. The number of rotatable bonds is 1. The molecule has 4 nitrogen and oxygen atoms in total. The summed E-state index contributed by atoms with van der Waals surface area (Å²) < 4.78 is 1.96. The number of fused-ring (bicyclic) bond motifs is 1. The average Bonchev–Trinajstić information content (AvgIpc) is 2.59. The van der Waals surface area contributed by atoms with Gasteiger partial charge in [-0.2, -0.15) is 0 Å². The minimum absolute atomic E-state index is 0.0618. The molecule has 1 aliphatic rings. The van der Waals surface area contributed by atoms with E-state index in [4.69, 9.17) is 5.73 Å². The number of aromatic nitrogens is 1. The first kappa shape index (κ1) is 8.31. The molecule has 1 unspecified atom stereocenters. The third kappa shape index (κ3) is 1.14. The second kappa shape index (κ2) is 2.88. The standard InChI is InChI=1S/C9H13N3O/c1-11-7(5-10)6-12-4-2-3-8(12)9(11)13/h2-4,7H,5-6,10H2,1H3. The van der Waals surface area contributed by atoms with Crippen molar-refractivity contribution in [3.8, 4) is 0 Å². The van der Waals surface area contributed by atoms with Gasteiger partial charge in [-0.3, -0.25) is 4.79 Å². The van der Waals surface area contributed by atoms with Crippen LogP contribution in [-0.4, -0.2) is 35.0 Å². The van der Waals surface area contributed by atoms with E-state index in [0.717, 1.165) is 12.2 Å². The number of carbonyl (C=O) groups is 1. The number of amides is 1. The molecule has 1 amide bonds. The highest BCUT2D eigenvalue weighted by molar-refractivity contribution is 5.93. The molecule has 1 aromatic rings. The predicted octanol–water partition coefficient (Wildman–Crippen LogP) is -0.0990. The number of carbonyl (C=O) groups excluding carboxylic acids is 1. The van der Waals surface area contributed by atoms with Gasteiger partial charge < -0.3 is 15.2 Å². The summed E-state index contributed by atoms with van der Waals surface area (Å²) in [5.41, 5.74) is 6.33. The van der Waals surface area contributed by atoms with Crippen molar-refractivity contribution < 1.29 is 4.79 Å². The van der Waals surface area contributed by atoms with Crippen LogP contribution in [0.1, 0.15) is 10.5 Å². The van der Waals surface area contributed by atoms with Crippen LogP contribution >= 0.6 is 0 Å². The molecule has 70 valence electrons. The zero-order chi connectivity index (χ0) is 9.42. The molecule has 2 rings (SSSR count). The summed E-state index contributed by atoms with van der Waals surface area (Å²) in [4.78, 5) is 13.4. The lowest BCUT2D eigenvalue weighted by molar-refractivity contribution is 0.0665. The van der Waals surface area contributed by atoms with Crippen LogP contribution < -0.4 is 5.73 Å². The highest BCUT2D eigenvalue weighted by atomic mass is 16.2. The second-order valence-corrected chi connectivity index (χ2v) is 3.35. The largest absolute Gasteiger partial charge is 0.341 e. The predicted molar refractivity (Wildman–Crippen MR) is 49.4 cm³/mol. The fourth-order valence-corrected chi connectivity index (χ4v) is 1.70. The summed E-state index contributed by atoms with van der Waals surface area (Å²) in [6, 6.07) is 3.86. The molecule has 0 aromatic carbocycles. The Hall–Kier alpha value is -1.29. The van der Waals surface area contributed by atoms with Crippen molar-refractivity contribution in [3.63, 3.8) is 0 Å². The van der Waals surface area contributed by atoms with Gasteiger partial charge in [0.15, 0.2) is 0 Å². The van der Waals surface area contributed by atoms with Gasteiger partial charge in [0, 0.05) is 26.3 Å². The molecular formula is C9H13N3O. The molecule has 0 aliphatic carbocycles. The normalized spacial score (nSPS) is 21.8. The van der Waals surface area contributed by atoms with Gasteiger partial charge in [0.05, 0.1) is 6.04 Å². The summed E-state index contributed by atoms with van der Waals surface area (Å²) in [5, 5.41) is 0. The highest BCUT2D eigenvalue weighted by Crippen LogP contribution is 2.15. The van der Waals surface area contributed by atoms with Crippen LogP contribution in [0.3, 0.4) is 0 Å². The minimum atomic E-state index is 0.0618. The Morgan fingerprint density at radius 3 is 3.15 bits per heavy atom. The number of hydrogen-bond acceptors (Lipinski definition) is 2. The third-order valence-corrected chi connectivity index (χ3v) is 2.60. The van der Waals surface area contributed by atoms with Crippen molar-refractivity contribution in [2.24, 2.45) is 5.73 Å². The molecule has 0 radical (unpaired) electrons. The maximum Gasteiger partial charge on any atom is 0.270 e. The first-order valence-electron chi connectivity index (χ1n) is 4.36. The van der Waals surface area contributed by atoms with Crippen LogP contribution in [0.2, 0.25) is 0 Å². The quantitative estimate of drug-likeness (QED) is 0.654. The molecule has 0 saturated heterocycles. The molecule has 2 N–H and O–H groups in total. The van der Waals surface area contributed by atoms with Crippen LogP contribution in [0.4, 0.5) is 0 Å². The Morgan fingerprint density at radius 1 is 1.69 bits per heavy atom. The smallest absolute Gasteiger partial charge is 0.270 e. The highest BCUT2D eigenvalue weighted by Gasteiger charge is 2.27. The Morgan fingerprint density at radius 2 is 2.46 bits per heavy atom. The Kier molecular flexibility index (Phi) is 1.84. The monoisotopic (exact) mass is 179 g/mol. The Labute approximate surface area is 76.9 Å². The van der Waals surface area contributed by atoms with Gasteiger partial charge in [0.1, 0.15) is 5.69 Å². The Bertz CT molecular complexity index is 331. The van der Waals surface area contributed by atoms with Gasteiger partial charge in [-0.25, -0.2) is 0 Å². The summed E-state index contributed by atoms with van der Waals surface area (Å²) in [7, 11) is 1.80. The topological polar surface area (TPSA) is 51.3 Å². The van der Waals surface area contributed by atoms with E-state index >= 15 is 0 Å². The number of likely N-dealkylation sites (N-methyl/N-ethyl adjacent to an activating group) is 1. The van der Waals surface area contributed by atoms with Gasteiger partial charge in [-0.1, -0.05) is 0 Å². The van der Waals surface area contributed by atoms with Crippen molar-refractivity contribution >= 4 is 5.91 Å². The summed E-state index contributed by atoms with van der Waals surface area (Å²) >= 11 is 0. The molecule has 0 bridgehead atoms.